The van der Waals surface area contributed by atoms with Crippen molar-refractivity contribution >= 4 is 0 Å². The minimum absolute atomic E-state index is 0.712. The Kier molecular flexibility index (Phi) is 10.00. The SMILES string of the molecule is CCCCCOc1ccc(-c2ccc(-c3ccc(CC(C)CCCC(C)C)cn3)cc2)cc1. The van der Waals surface area contributed by atoms with E-state index in [1.165, 1.54) is 48.8 Å². The highest BCUT2D eigenvalue weighted by molar-refractivity contribution is 5.69. The standard InChI is InChI=1S/C31H41NO/c1-5-6-7-21-33-30-18-16-28(17-19-30)27-12-14-29(15-13-27)31-20-11-26(23-32-31)22-25(4)10-8-9-24(2)3/h11-20,23-25H,5-10,21-22H2,1-4H3. The zero-order valence-corrected chi connectivity index (χ0v) is 21.0. The fourth-order valence-electron chi connectivity index (χ4n) is 4.21. The lowest BCUT2D eigenvalue weighted by Gasteiger charge is -2.12. The molecule has 1 heterocycles. The van der Waals surface area contributed by atoms with Crippen LogP contribution in [0.1, 0.15) is 71.8 Å². The van der Waals surface area contributed by atoms with Crippen LogP contribution >= 0.6 is 0 Å². The van der Waals surface area contributed by atoms with Gasteiger partial charge in [-0.05, 0) is 59.6 Å². The van der Waals surface area contributed by atoms with Gasteiger partial charge in [-0.3, -0.25) is 4.98 Å². The van der Waals surface area contributed by atoms with Crippen LogP contribution in [-0.4, -0.2) is 11.6 Å². The van der Waals surface area contributed by atoms with Crippen molar-refractivity contribution in [1.29, 1.82) is 0 Å². The number of nitrogens with zero attached hydrogens (tertiary/aromatic N) is 1. The highest BCUT2D eigenvalue weighted by Gasteiger charge is 2.07. The third-order valence-electron chi connectivity index (χ3n) is 6.27. The van der Waals surface area contributed by atoms with Crippen LogP contribution in [0.15, 0.2) is 66.9 Å². The van der Waals surface area contributed by atoms with Crippen LogP contribution in [-0.2, 0) is 6.42 Å². The fraction of sp³-hybridized carbons (Fsp3) is 0.452. The minimum atomic E-state index is 0.712. The van der Waals surface area contributed by atoms with Gasteiger partial charge in [0.25, 0.3) is 0 Å². The molecular weight excluding hydrogens is 402 g/mol. The number of aromatic nitrogens is 1. The lowest BCUT2D eigenvalue weighted by Crippen LogP contribution is -2.01. The zero-order valence-electron chi connectivity index (χ0n) is 21.0. The van der Waals surface area contributed by atoms with Crippen molar-refractivity contribution in [3.05, 3.63) is 72.4 Å². The molecule has 2 heteroatoms. The highest BCUT2D eigenvalue weighted by atomic mass is 16.5. The average Bonchev–Trinajstić information content (AvgIpc) is 2.83. The van der Waals surface area contributed by atoms with E-state index in [1.807, 2.05) is 0 Å². The third kappa shape index (κ3) is 8.35. The molecule has 0 N–H and O–H groups in total. The van der Waals surface area contributed by atoms with Gasteiger partial charge in [0, 0.05) is 11.8 Å². The van der Waals surface area contributed by atoms with Crippen molar-refractivity contribution < 1.29 is 4.74 Å². The highest BCUT2D eigenvalue weighted by Crippen LogP contribution is 2.26. The number of unbranched alkanes of at least 4 members (excludes halogenated alkanes) is 2. The Bertz CT molecular complexity index is 926. The number of ether oxygens (including phenoxy) is 1. The van der Waals surface area contributed by atoms with Crippen molar-refractivity contribution in [3.63, 3.8) is 0 Å². The molecule has 0 spiro atoms. The number of hydrogen-bond acceptors (Lipinski definition) is 2. The summed E-state index contributed by atoms with van der Waals surface area (Å²) in [6.45, 7) is 9.98. The van der Waals surface area contributed by atoms with E-state index in [0.717, 1.165) is 42.4 Å². The lowest BCUT2D eigenvalue weighted by molar-refractivity contribution is 0.306. The fourth-order valence-corrected chi connectivity index (χ4v) is 4.21. The van der Waals surface area contributed by atoms with Crippen LogP contribution < -0.4 is 4.74 Å². The van der Waals surface area contributed by atoms with Gasteiger partial charge in [-0.15, -0.1) is 0 Å². The van der Waals surface area contributed by atoms with E-state index in [2.05, 4.69) is 94.6 Å². The maximum atomic E-state index is 5.83. The lowest BCUT2D eigenvalue weighted by atomic mass is 9.94. The third-order valence-corrected chi connectivity index (χ3v) is 6.27. The molecular formula is C31H41NO. The Morgan fingerprint density at radius 3 is 2.00 bits per heavy atom. The number of hydrogen-bond donors (Lipinski definition) is 0. The molecule has 2 nitrogen and oxygen atoms in total. The van der Waals surface area contributed by atoms with E-state index < -0.39 is 0 Å². The summed E-state index contributed by atoms with van der Waals surface area (Å²) in [5.41, 5.74) is 5.95. The van der Waals surface area contributed by atoms with Gasteiger partial charge in [0.1, 0.15) is 5.75 Å². The summed E-state index contributed by atoms with van der Waals surface area (Å²) in [7, 11) is 0. The Labute approximate surface area is 201 Å². The summed E-state index contributed by atoms with van der Waals surface area (Å²) in [5.74, 6) is 2.46. The number of rotatable bonds is 13. The van der Waals surface area contributed by atoms with Gasteiger partial charge in [0.2, 0.25) is 0 Å². The molecule has 0 aliphatic rings. The second kappa shape index (κ2) is 13.2. The van der Waals surface area contributed by atoms with E-state index in [9.17, 15) is 0 Å². The molecule has 3 rings (SSSR count). The predicted octanol–water partition coefficient (Wildman–Crippen LogP) is 8.99. The molecule has 1 aromatic heterocycles. The summed E-state index contributed by atoms with van der Waals surface area (Å²) < 4.78 is 5.83. The molecule has 0 amide bonds. The van der Waals surface area contributed by atoms with Crippen LogP contribution in [0, 0.1) is 11.8 Å². The quantitative estimate of drug-likeness (QED) is 0.246. The predicted molar refractivity (Wildman–Crippen MR) is 142 cm³/mol. The normalized spacial score (nSPS) is 12.2. The van der Waals surface area contributed by atoms with E-state index >= 15 is 0 Å². The largest absolute Gasteiger partial charge is 0.494 e. The molecule has 0 fully saturated rings. The minimum Gasteiger partial charge on any atom is -0.494 e. The first-order valence-electron chi connectivity index (χ1n) is 12.8. The van der Waals surface area contributed by atoms with E-state index in [1.54, 1.807) is 0 Å². The Morgan fingerprint density at radius 1 is 0.727 bits per heavy atom. The smallest absolute Gasteiger partial charge is 0.119 e. The van der Waals surface area contributed by atoms with Crippen LogP contribution in [0.5, 0.6) is 5.75 Å². The topological polar surface area (TPSA) is 22.1 Å². The molecule has 1 atom stereocenters. The van der Waals surface area contributed by atoms with Crippen LogP contribution in [0.25, 0.3) is 22.4 Å². The summed E-state index contributed by atoms with van der Waals surface area (Å²) in [6, 6.07) is 21.5. The molecule has 0 bridgehead atoms. The van der Waals surface area contributed by atoms with Gasteiger partial charge in [-0.1, -0.05) is 102 Å². The van der Waals surface area contributed by atoms with Gasteiger partial charge in [0.05, 0.1) is 12.3 Å². The van der Waals surface area contributed by atoms with Gasteiger partial charge >= 0.3 is 0 Å². The van der Waals surface area contributed by atoms with Crippen molar-refractivity contribution in [1.82, 2.24) is 4.98 Å². The molecule has 0 saturated carbocycles. The molecule has 176 valence electrons. The summed E-state index contributed by atoms with van der Waals surface area (Å²) >= 11 is 0. The molecule has 0 aliphatic heterocycles. The molecule has 2 aromatic carbocycles. The van der Waals surface area contributed by atoms with Gasteiger partial charge in [-0.2, -0.15) is 0 Å². The van der Waals surface area contributed by atoms with Crippen LogP contribution in [0.2, 0.25) is 0 Å². The molecule has 0 saturated heterocycles. The Balaban J connectivity index is 1.54. The van der Waals surface area contributed by atoms with Crippen LogP contribution in [0.4, 0.5) is 0 Å². The maximum absolute atomic E-state index is 5.83. The monoisotopic (exact) mass is 443 g/mol. The van der Waals surface area contributed by atoms with Gasteiger partial charge < -0.3 is 4.74 Å². The van der Waals surface area contributed by atoms with Crippen LogP contribution in [0.3, 0.4) is 0 Å². The van der Waals surface area contributed by atoms with Crippen molar-refractivity contribution in [2.24, 2.45) is 11.8 Å². The second-order valence-electron chi connectivity index (χ2n) is 9.84. The first-order valence-corrected chi connectivity index (χ1v) is 12.8. The molecule has 0 aliphatic carbocycles. The van der Waals surface area contributed by atoms with E-state index in [0.29, 0.717) is 5.92 Å². The first kappa shape index (κ1) is 25.0. The van der Waals surface area contributed by atoms with Crippen molar-refractivity contribution in [2.45, 2.75) is 72.6 Å². The molecule has 33 heavy (non-hydrogen) atoms. The molecule has 0 radical (unpaired) electrons. The Hall–Kier alpha value is -2.61. The van der Waals surface area contributed by atoms with Crippen molar-refractivity contribution in [2.75, 3.05) is 6.61 Å². The number of benzene rings is 2. The second-order valence-corrected chi connectivity index (χ2v) is 9.84. The maximum Gasteiger partial charge on any atom is 0.119 e. The van der Waals surface area contributed by atoms with E-state index in [-0.39, 0.29) is 0 Å². The first-order chi connectivity index (χ1) is 16.0. The number of pyridine rings is 1. The summed E-state index contributed by atoms with van der Waals surface area (Å²) in [6.07, 6.45) is 10.7. The molecule has 3 aromatic rings. The van der Waals surface area contributed by atoms with Gasteiger partial charge in [0.15, 0.2) is 0 Å². The van der Waals surface area contributed by atoms with E-state index in [4.69, 9.17) is 9.72 Å². The van der Waals surface area contributed by atoms with Gasteiger partial charge in [-0.25, -0.2) is 0 Å². The zero-order chi connectivity index (χ0) is 23.5. The van der Waals surface area contributed by atoms with Crippen molar-refractivity contribution in [3.8, 4) is 28.1 Å². The Morgan fingerprint density at radius 2 is 1.39 bits per heavy atom. The summed E-state index contributed by atoms with van der Waals surface area (Å²) in [5, 5.41) is 0. The average molecular weight is 444 g/mol. The molecule has 1 unspecified atom stereocenters. The summed E-state index contributed by atoms with van der Waals surface area (Å²) in [4.78, 5) is 4.75.